The van der Waals surface area contributed by atoms with Gasteiger partial charge in [0.05, 0.1) is 0 Å². The number of halogens is 1. The molecule has 0 atom stereocenters. The summed E-state index contributed by atoms with van der Waals surface area (Å²) in [6, 6.07) is 6.77. The zero-order chi connectivity index (χ0) is 12.0. The molecule has 0 saturated heterocycles. The quantitative estimate of drug-likeness (QED) is 0.684. The Morgan fingerprint density at radius 2 is 1.75 bits per heavy atom. The summed E-state index contributed by atoms with van der Waals surface area (Å²) in [5.74, 6) is 0.753. The molecule has 0 saturated carbocycles. The molecule has 1 rings (SSSR count). The number of aryl methyl sites for hydroxylation is 2. The molecule has 0 aliphatic carbocycles. The Morgan fingerprint density at radius 3 is 2.25 bits per heavy atom. The first kappa shape index (κ1) is 13.5. The predicted octanol–water partition coefficient (Wildman–Crippen LogP) is 3.75. The number of hydrogen-bond acceptors (Lipinski definition) is 1. The van der Waals surface area contributed by atoms with Crippen molar-refractivity contribution < 1.29 is 0 Å². The van der Waals surface area contributed by atoms with Gasteiger partial charge in [-0.3, -0.25) is 4.90 Å². The van der Waals surface area contributed by atoms with E-state index in [9.17, 15) is 0 Å². The number of hydrogen-bond donors (Lipinski definition) is 0. The molecule has 0 N–H and O–H groups in total. The number of alkyl halides is 1. The maximum Gasteiger partial charge on any atom is 0.0235 e. The van der Waals surface area contributed by atoms with Crippen LogP contribution in [0.4, 0.5) is 0 Å². The summed E-state index contributed by atoms with van der Waals surface area (Å²) in [5.41, 5.74) is 4.11. The Morgan fingerprint density at radius 1 is 1.12 bits per heavy atom. The topological polar surface area (TPSA) is 3.24 Å². The Bertz CT molecular complexity index is 302. The van der Waals surface area contributed by atoms with Crippen molar-refractivity contribution in [2.75, 3.05) is 19.0 Å². The highest BCUT2D eigenvalue weighted by Crippen LogP contribution is 2.11. The molecule has 1 nitrogen and oxygen atoms in total. The van der Waals surface area contributed by atoms with Gasteiger partial charge < -0.3 is 0 Å². The number of rotatable bonds is 6. The molecule has 0 fully saturated rings. The van der Waals surface area contributed by atoms with Gasteiger partial charge in [0.1, 0.15) is 0 Å². The lowest BCUT2D eigenvalue weighted by Crippen LogP contribution is -2.24. The van der Waals surface area contributed by atoms with Gasteiger partial charge in [0.25, 0.3) is 0 Å². The molecule has 0 bridgehead atoms. The van der Waals surface area contributed by atoms with Gasteiger partial charge in [-0.1, -0.05) is 36.2 Å². The second-order valence-electron chi connectivity index (χ2n) is 4.41. The van der Waals surface area contributed by atoms with Gasteiger partial charge in [-0.15, -0.1) is 11.6 Å². The minimum absolute atomic E-state index is 0.753. The van der Waals surface area contributed by atoms with E-state index in [1.165, 1.54) is 16.7 Å². The molecule has 1 aromatic rings. The van der Waals surface area contributed by atoms with Crippen LogP contribution in [-0.4, -0.2) is 23.9 Å². The van der Waals surface area contributed by atoms with E-state index in [1.807, 2.05) is 0 Å². The molecular weight excluding hydrogens is 218 g/mol. The van der Waals surface area contributed by atoms with Crippen LogP contribution in [-0.2, 0) is 6.54 Å². The van der Waals surface area contributed by atoms with Crippen LogP contribution in [0.25, 0.3) is 0 Å². The van der Waals surface area contributed by atoms with Crippen LogP contribution >= 0.6 is 11.6 Å². The van der Waals surface area contributed by atoms with Gasteiger partial charge in [0, 0.05) is 12.4 Å². The summed E-state index contributed by atoms with van der Waals surface area (Å²) >= 11 is 5.73. The normalized spacial score (nSPS) is 11.1. The van der Waals surface area contributed by atoms with Gasteiger partial charge >= 0.3 is 0 Å². The molecule has 16 heavy (non-hydrogen) atoms. The van der Waals surface area contributed by atoms with Crippen LogP contribution in [0.2, 0.25) is 0 Å². The van der Waals surface area contributed by atoms with E-state index < -0.39 is 0 Å². The van der Waals surface area contributed by atoms with Gasteiger partial charge in [0.15, 0.2) is 0 Å². The minimum Gasteiger partial charge on any atom is -0.299 e. The Hall–Kier alpha value is -0.530. The van der Waals surface area contributed by atoms with E-state index in [-0.39, 0.29) is 0 Å². The molecule has 0 aromatic heterocycles. The molecule has 2 heteroatoms. The fraction of sp³-hybridized carbons (Fsp3) is 0.571. The Labute approximate surface area is 104 Å². The van der Waals surface area contributed by atoms with Crippen LogP contribution in [0.3, 0.4) is 0 Å². The summed E-state index contributed by atoms with van der Waals surface area (Å²) in [4.78, 5) is 2.44. The van der Waals surface area contributed by atoms with Crippen molar-refractivity contribution in [1.82, 2.24) is 4.90 Å². The lowest BCUT2D eigenvalue weighted by molar-refractivity contribution is 0.281. The lowest BCUT2D eigenvalue weighted by Gasteiger charge is -2.20. The summed E-state index contributed by atoms with van der Waals surface area (Å²) < 4.78 is 0. The van der Waals surface area contributed by atoms with E-state index in [2.05, 4.69) is 43.9 Å². The molecule has 0 aliphatic heterocycles. The number of nitrogens with zero attached hydrogens (tertiary/aromatic N) is 1. The van der Waals surface area contributed by atoms with Gasteiger partial charge in [-0.05, 0) is 38.9 Å². The van der Waals surface area contributed by atoms with E-state index >= 15 is 0 Å². The third-order valence-corrected chi connectivity index (χ3v) is 3.01. The first-order valence-corrected chi connectivity index (χ1v) is 6.54. The summed E-state index contributed by atoms with van der Waals surface area (Å²) in [6.07, 6.45) is 1.07. The largest absolute Gasteiger partial charge is 0.299 e. The molecular formula is C14H22ClN. The van der Waals surface area contributed by atoms with E-state index in [4.69, 9.17) is 11.6 Å². The van der Waals surface area contributed by atoms with Gasteiger partial charge in [-0.25, -0.2) is 0 Å². The third-order valence-electron chi connectivity index (χ3n) is 2.74. The van der Waals surface area contributed by atoms with Crippen LogP contribution in [0.1, 0.15) is 30.0 Å². The molecule has 90 valence electrons. The summed E-state index contributed by atoms with van der Waals surface area (Å²) in [6.45, 7) is 9.74. The van der Waals surface area contributed by atoms with Crippen LogP contribution in [0, 0.1) is 13.8 Å². The zero-order valence-corrected chi connectivity index (χ0v) is 11.3. The average Bonchev–Trinajstić information content (AvgIpc) is 2.22. The van der Waals surface area contributed by atoms with E-state index in [0.29, 0.717) is 0 Å². The Balaban J connectivity index is 2.62. The van der Waals surface area contributed by atoms with E-state index in [0.717, 1.165) is 31.9 Å². The minimum atomic E-state index is 0.753. The standard InChI is InChI=1S/C14H22ClN/c1-4-16(7-5-6-15)11-14-9-12(2)8-13(3)10-14/h8-10H,4-7,11H2,1-3H3. The molecule has 0 spiro atoms. The van der Waals surface area contributed by atoms with Gasteiger partial charge in [0.2, 0.25) is 0 Å². The average molecular weight is 240 g/mol. The molecule has 0 unspecified atom stereocenters. The number of benzene rings is 1. The second kappa shape index (κ2) is 6.93. The Kier molecular flexibility index (Phi) is 5.86. The molecule has 0 amide bonds. The fourth-order valence-electron chi connectivity index (χ4n) is 2.05. The third kappa shape index (κ3) is 4.54. The monoisotopic (exact) mass is 239 g/mol. The molecule has 0 radical (unpaired) electrons. The van der Waals surface area contributed by atoms with Crippen LogP contribution < -0.4 is 0 Å². The van der Waals surface area contributed by atoms with Crippen molar-refractivity contribution in [1.29, 1.82) is 0 Å². The fourth-order valence-corrected chi connectivity index (χ4v) is 2.17. The maximum atomic E-state index is 5.73. The first-order chi connectivity index (χ1) is 7.65. The summed E-state index contributed by atoms with van der Waals surface area (Å²) in [7, 11) is 0. The first-order valence-electron chi connectivity index (χ1n) is 6.01. The highest BCUT2D eigenvalue weighted by atomic mass is 35.5. The highest BCUT2D eigenvalue weighted by molar-refractivity contribution is 6.17. The maximum absolute atomic E-state index is 5.73. The van der Waals surface area contributed by atoms with Crippen molar-refractivity contribution in [3.8, 4) is 0 Å². The zero-order valence-electron chi connectivity index (χ0n) is 10.6. The van der Waals surface area contributed by atoms with Crippen molar-refractivity contribution in [2.45, 2.75) is 33.7 Å². The van der Waals surface area contributed by atoms with Crippen molar-refractivity contribution >= 4 is 11.6 Å². The van der Waals surface area contributed by atoms with Gasteiger partial charge in [-0.2, -0.15) is 0 Å². The van der Waals surface area contributed by atoms with E-state index in [1.54, 1.807) is 0 Å². The predicted molar refractivity (Wildman–Crippen MR) is 72.2 cm³/mol. The van der Waals surface area contributed by atoms with Crippen LogP contribution in [0.15, 0.2) is 18.2 Å². The van der Waals surface area contributed by atoms with Crippen molar-refractivity contribution in [3.63, 3.8) is 0 Å². The molecule has 0 heterocycles. The molecule has 1 aromatic carbocycles. The van der Waals surface area contributed by atoms with Crippen molar-refractivity contribution in [2.24, 2.45) is 0 Å². The van der Waals surface area contributed by atoms with Crippen molar-refractivity contribution in [3.05, 3.63) is 34.9 Å². The molecule has 0 aliphatic rings. The van der Waals surface area contributed by atoms with Crippen LogP contribution in [0.5, 0.6) is 0 Å². The smallest absolute Gasteiger partial charge is 0.0235 e. The SMILES string of the molecule is CCN(CCCCl)Cc1cc(C)cc(C)c1. The lowest BCUT2D eigenvalue weighted by atomic mass is 10.1. The highest BCUT2D eigenvalue weighted by Gasteiger charge is 2.04. The second-order valence-corrected chi connectivity index (χ2v) is 4.79. The summed E-state index contributed by atoms with van der Waals surface area (Å²) in [5, 5.41) is 0.